The molecule has 0 spiro atoms. The monoisotopic (exact) mass is 364 g/mol. The smallest absolute Gasteiger partial charge is 0.246 e. The molecular weight excluding hydrogens is 352 g/mol. The molecular formula is C16H14BrClN2O. The number of halogens is 2. The Kier molecular flexibility index (Phi) is 4.29. The number of hydrogen-bond donors (Lipinski definition) is 2. The molecule has 0 radical (unpaired) electrons. The number of benzene rings is 2. The molecule has 0 aromatic heterocycles. The number of anilines is 1. The molecule has 0 saturated carbocycles. The number of carbonyl (C=O) groups is 1. The van der Waals surface area contributed by atoms with Crippen LogP contribution < -0.4 is 10.6 Å². The van der Waals surface area contributed by atoms with Crippen molar-refractivity contribution < 1.29 is 4.79 Å². The Morgan fingerprint density at radius 2 is 1.95 bits per heavy atom. The van der Waals surface area contributed by atoms with E-state index < -0.39 is 0 Å². The predicted octanol–water partition coefficient (Wildman–Crippen LogP) is 3.93. The van der Waals surface area contributed by atoms with E-state index in [-0.39, 0.29) is 11.9 Å². The molecule has 1 aliphatic rings. The van der Waals surface area contributed by atoms with Gasteiger partial charge < -0.3 is 10.6 Å². The average molecular weight is 366 g/mol. The van der Waals surface area contributed by atoms with Crippen LogP contribution in [0, 0.1) is 0 Å². The van der Waals surface area contributed by atoms with E-state index in [1.807, 2.05) is 42.5 Å². The minimum absolute atomic E-state index is 0.000735. The Morgan fingerprint density at radius 1 is 1.19 bits per heavy atom. The Balaban J connectivity index is 1.65. The minimum Gasteiger partial charge on any atom is -0.324 e. The lowest BCUT2D eigenvalue weighted by Gasteiger charge is -2.11. The van der Waals surface area contributed by atoms with Crippen LogP contribution in [0.4, 0.5) is 5.69 Å². The first-order valence-electron chi connectivity index (χ1n) is 6.71. The van der Waals surface area contributed by atoms with Crippen molar-refractivity contribution in [3.05, 3.63) is 63.1 Å². The summed E-state index contributed by atoms with van der Waals surface area (Å²) in [5.41, 5.74) is 3.07. The van der Waals surface area contributed by atoms with Crippen LogP contribution in [0.25, 0.3) is 0 Å². The van der Waals surface area contributed by atoms with Crippen LogP contribution in [0.15, 0.2) is 46.9 Å². The summed E-state index contributed by atoms with van der Waals surface area (Å²) in [6, 6.07) is 13.3. The topological polar surface area (TPSA) is 41.1 Å². The lowest BCUT2D eigenvalue weighted by Crippen LogP contribution is -2.29. The molecule has 108 valence electrons. The van der Waals surface area contributed by atoms with E-state index in [0.29, 0.717) is 0 Å². The van der Waals surface area contributed by atoms with Crippen molar-refractivity contribution in [2.45, 2.75) is 12.5 Å². The van der Waals surface area contributed by atoms with E-state index in [2.05, 4.69) is 26.6 Å². The van der Waals surface area contributed by atoms with Gasteiger partial charge in [-0.1, -0.05) is 39.7 Å². The number of hydrogen-bond acceptors (Lipinski definition) is 2. The number of fused-ring (bicyclic) bond motifs is 1. The zero-order chi connectivity index (χ0) is 14.8. The summed E-state index contributed by atoms with van der Waals surface area (Å²) in [6.45, 7) is 0.728. The van der Waals surface area contributed by atoms with Gasteiger partial charge in [0, 0.05) is 27.3 Å². The Bertz CT molecular complexity index is 672. The number of carbonyl (C=O) groups excluding carboxylic acids is 1. The maximum atomic E-state index is 12.0. The van der Waals surface area contributed by atoms with Crippen LogP contribution in [0.3, 0.4) is 0 Å². The van der Waals surface area contributed by atoms with Gasteiger partial charge >= 0.3 is 0 Å². The fourth-order valence-corrected chi connectivity index (χ4v) is 2.95. The summed E-state index contributed by atoms with van der Waals surface area (Å²) in [5, 5.41) is 6.94. The Morgan fingerprint density at radius 3 is 2.71 bits per heavy atom. The SMILES string of the molecule is O=C1Nc2ccc(Br)cc2C1NCCc1ccc(Cl)cc1. The molecule has 1 amide bonds. The highest BCUT2D eigenvalue weighted by Crippen LogP contribution is 2.32. The number of nitrogens with one attached hydrogen (secondary N) is 2. The van der Waals surface area contributed by atoms with Gasteiger partial charge in [-0.2, -0.15) is 0 Å². The molecule has 0 aliphatic carbocycles. The van der Waals surface area contributed by atoms with Crippen molar-refractivity contribution in [1.29, 1.82) is 0 Å². The minimum atomic E-state index is -0.287. The molecule has 2 aromatic carbocycles. The largest absolute Gasteiger partial charge is 0.324 e. The van der Waals surface area contributed by atoms with Crippen LogP contribution in [0.5, 0.6) is 0 Å². The van der Waals surface area contributed by atoms with Crippen molar-refractivity contribution in [1.82, 2.24) is 5.32 Å². The van der Waals surface area contributed by atoms with Gasteiger partial charge in [0.05, 0.1) is 0 Å². The third kappa shape index (κ3) is 3.28. The molecule has 1 heterocycles. The standard InChI is InChI=1S/C16H14BrClN2O/c17-11-3-6-14-13(9-11)15(16(21)20-14)19-8-7-10-1-4-12(18)5-2-10/h1-6,9,15,19H,7-8H2,(H,20,21). The molecule has 21 heavy (non-hydrogen) atoms. The molecule has 3 nitrogen and oxygen atoms in total. The van der Waals surface area contributed by atoms with Gasteiger partial charge in [-0.3, -0.25) is 4.79 Å². The van der Waals surface area contributed by atoms with Crippen molar-refractivity contribution in [2.75, 3.05) is 11.9 Å². The fourth-order valence-electron chi connectivity index (χ4n) is 2.45. The quantitative estimate of drug-likeness (QED) is 0.862. The lowest BCUT2D eigenvalue weighted by molar-refractivity contribution is -0.117. The van der Waals surface area contributed by atoms with Crippen molar-refractivity contribution in [3.63, 3.8) is 0 Å². The third-order valence-corrected chi connectivity index (χ3v) is 4.27. The van der Waals surface area contributed by atoms with Gasteiger partial charge in [0.25, 0.3) is 0 Å². The van der Waals surface area contributed by atoms with Gasteiger partial charge in [-0.15, -0.1) is 0 Å². The first kappa shape index (κ1) is 14.6. The molecule has 1 unspecified atom stereocenters. The predicted molar refractivity (Wildman–Crippen MR) is 88.7 cm³/mol. The molecule has 0 bridgehead atoms. The summed E-state index contributed by atoms with van der Waals surface area (Å²) in [4.78, 5) is 12.0. The fraction of sp³-hybridized carbons (Fsp3) is 0.188. The molecule has 0 fully saturated rings. The number of rotatable bonds is 4. The average Bonchev–Trinajstić information content (AvgIpc) is 2.77. The highest BCUT2D eigenvalue weighted by Gasteiger charge is 2.29. The lowest BCUT2D eigenvalue weighted by atomic mass is 10.1. The second-order valence-electron chi connectivity index (χ2n) is 4.98. The zero-order valence-corrected chi connectivity index (χ0v) is 13.5. The summed E-state index contributed by atoms with van der Waals surface area (Å²) in [5.74, 6) is -0.000735. The highest BCUT2D eigenvalue weighted by atomic mass is 79.9. The van der Waals surface area contributed by atoms with Crippen LogP contribution in [-0.4, -0.2) is 12.5 Å². The van der Waals surface area contributed by atoms with Crippen LogP contribution in [0.1, 0.15) is 17.2 Å². The van der Waals surface area contributed by atoms with Gasteiger partial charge in [-0.05, 0) is 42.3 Å². The third-order valence-electron chi connectivity index (χ3n) is 3.52. The summed E-state index contributed by atoms with van der Waals surface area (Å²) >= 11 is 9.31. The first-order chi connectivity index (χ1) is 10.1. The first-order valence-corrected chi connectivity index (χ1v) is 7.89. The molecule has 1 atom stereocenters. The van der Waals surface area contributed by atoms with Crippen LogP contribution >= 0.6 is 27.5 Å². The highest BCUT2D eigenvalue weighted by molar-refractivity contribution is 9.10. The maximum Gasteiger partial charge on any atom is 0.246 e. The molecule has 1 aliphatic heterocycles. The van der Waals surface area contributed by atoms with Gasteiger partial charge in [0.1, 0.15) is 6.04 Å². The van der Waals surface area contributed by atoms with E-state index in [0.717, 1.165) is 33.7 Å². The number of amides is 1. The summed E-state index contributed by atoms with van der Waals surface area (Å²) in [6.07, 6.45) is 0.851. The van der Waals surface area contributed by atoms with E-state index in [1.165, 1.54) is 5.56 Å². The van der Waals surface area contributed by atoms with Gasteiger partial charge in [0.2, 0.25) is 5.91 Å². The van der Waals surface area contributed by atoms with Crippen molar-refractivity contribution >= 4 is 39.1 Å². The second-order valence-corrected chi connectivity index (χ2v) is 6.34. The van der Waals surface area contributed by atoms with Crippen LogP contribution in [0.2, 0.25) is 5.02 Å². The Labute approximate surface area is 136 Å². The van der Waals surface area contributed by atoms with Gasteiger partial charge in [-0.25, -0.2) is 0 Å². The van der Waals surface area contributed by atoms with E-state index in [1.54, 1.807) is 0 Å². The van der Waals surface area contributed by atoms with Crippen molar-refractivity contribution in [2.24, 2.45) is 0 Å². The molecule has 2 aromatic rings. The molecule has 0 saturated heterocycles. The maximum absolute atomic E-state index is 12.0. The summed E-state index contributed by atoms with van der Waals surface area (Å²) < 4.78 is 0.974. The molecule has 2 N–H and O–H groups in total. The molecule has 3 rings (SSSR count). The van der Waals surface area contributed by atoms with E-state index in [4.69, 9.17) is 11.6 Å². The zero-order valence-electron chi connectivity index (χ0n) is 11.2. The second kappa shape index (κ2) is 6.18. The Hall–Kier alpha value is -1.36. The van der Waals surface area contributed by atoms with Crippen LogP contribution in [-0.2, 0) is 11.2 Å². The normalized spacial score (nSPS) is 16.7. The van der Waals surface area contributed by atoms with E-state index >= 15 is 0 Å². The summed E-state index contributed by atoms with van der Waals surface area (Å²) in [7, 11) is 0. The van der Waals surface area contributed by atoms with Crippen molar-refractivity contribution in [3.8, 4) is 0 Å². The molecule has 5 heteroatoms. The van der Waals surface area contributed by atoms with E-state index in [9.17, 15) is 4.79 Å². The van der Waals surface area contributed by atoms with Gasteiger partial charge in [0.15, 0.2) is 0 Å².